The number of rotatable bonds is 5. The van der Waals surface area contributed by atoms with Crippen LogP contribution in [0.15, 0.2) is 59.2 Å². The molecule has 0 saturated heterocycles. The van der Waals surface area contributed by atoms with Crippen molar-refractivity contribution >= 4 is 17.9 Å². The van der Waals surface area contributed by atoms with Crippen molar-refractivity contribution in [3.8, 4) is 0 Å². The van der Waals surface area contributed by atoms with Crippen LogP contribution in [-0.2, 0) is 0 Å². The van der Waals surface area contributed by atoms with Crippen LogP contribution in [0.1, 0.15) is 25.5 Å². The van der Waals surface area contributed by atoms with Crippen LogP contribution >= 0.6 is 0 Å². The smallest absolute Gasteiger partial charge is 0.243 e. The van der Waals surface area contributed by atoms with Gasteiger partial charge in [0.25, 0.3) is 0 Å². The van der Waals surface area contributed by atoms with Crippen LogP contribution < -0.4 is 10.7 Å². The molecule has 1 aliphatic rings. The first-order valence-electron chi connectivity index (χ1n) is 7.56. The van der Waals surface area contributed by atoms with Crippen molar-refractivity contribution in [1.82, 2.24) is 15.0 Å². The Labute approximate surface area is 139 Å². The number of allylic oxidation sites excluding steroid dienone is 4. The topological polar surface area (TPSA) is 75.1 Å². The van der Waals surface area contributed by atoms with E-state index in [0.717, 1.165) is 30.9 Å². The summed E-state index contributed by atoms with van der Waals surface area (Å²) in [5.41, 5.74) is 6.69. The number of nitrogens with zero attached hydrogens (tertiary/aromatic N) is 4. The van der Waals surface area contributed by atoms with Crippen molar-refractivity contribution in [3.63, 3.8) is 0 Å². The largest absolute Gasteiger partial charge is 0.358 e. The molecule has 2 heterocycles. The Kier molecular flexibility index (Phi) is 4.90. The zero-order valence-corrected chi connectivity index (χ0v) is 13.2. The van der Waals surface area contributed by atoms with Gasteiger partial charge in [-0.2, -0.15) is 5.10 Å². The molecule has 0 spiro atoms. The molecule has 0 radical (unpaired) electrons. The lowest BCUT2D eigenvalue weighted by Crippen LogP contribution is -2.03. The van der Waals surface area contributed by atoms with Crippen LogP contribution in [0.5, 0.6) is 0 Å². The number of hydrogen-bond donors (Lipinski definition) is 2. The molecule has 1 aliphatic carbocycles. The van der Waals surface area contributed by atoms with Crippen molar-refractivity contribution in [2.24, 2.45) is 5.10 Å². The van der Waals surface area contributed by atoms with Crippen molar-refractivity contribution in [3.05, 3.63) is 65.7 Å². The Morgan fingerprint density at radius 3 is 2.71 bits per heavy atom. The number of hydrogen-bond acceptors (Lipinski definition) is 6. The van der Waals surface area contributed by atoms with Crippen LogP contribution in [-0.4, -0.2) is 21.2 Å². The van der Waals surface area contributed by atoms with E-state index in [-0.39, 0.29) is 5.95 Å². The fraction of sp³-hybridized carbons (Fsp3) is 0.176. The number of anilines is 2. The lowest BCUT2D eigenvalue weighted by Gasteiger charge is -2.14. The Morgan fingerprint density at radius 1 is 1.17 bits per heavy atom. The minimum atomic E-state index is -0.493. The van der Waals surface area contributed by atoms with Gasteiger partial charge < -0.3 is 5.32 Å². The zero-order valence-electron chi connectivity index (χ0n) is 13.2. The minimum absolute atomic E-state index is 0.221. The molecule has 6 nitrogen and oxygen atoms in total. The van der Waals surface area contributed by atoms with Crippen molar-refractivity contribution < 1.29 is 4.39 Å². The van der Waals surface area contributed by atoms with E-state index in [2.05, 4.69) is 49.9 Å². The lowest BCUT2D eigenvalue weighted by molar-refractivity contribution is 0.614. The number of aromatic nitrogens is 3. The minimum Gasteiger partial charge on any atom is -0.358 e. The summed E-state index contributed by atoms with van der Waals surface area (Å²) in [5, 5.41) is 7.34. The van der Waals surface area contributed by atoms with E-state index < -0.39 is 5.82 Å². The highest BCUT2D eigenvalue weighted by Crippen LogP contribution is 2.19. The van der Waals surface area contributed by atoms with Gasteiger partial charge in [-0.1, -0.05) is 11.6 Å². The molecular weight excluding hydrogens is 307 g/mol. The van der Waals surface area contributed by atoms with E-state index in [0.29, 0.717) is 5.69 Å². The normalized spacial score (nSPS) is 14.2. The molecule has 0 fully saturated rings. The van der Waals surface area contributed by atoms with Crippen LogP contribution in [0.3, 0.4) is 0 Å². The third kappa shape index (κ3) is 4.45. The first-order valence-corrected chi connectivity index (χ1v) is 7.56. The lowest BCUT2D eigenvalue weighted by atomic mass is 10.1. The average Bonchev–Trinajstić information content (AvgIpc) is 2.58. The van der Waals surface area contributed by atoms with Gasteiger partial charge in [-0.05, 0) is 38.0 Å². The number of halogens is 1. The summed E-state index contributed by atoms with van der Waals surface area (Å²) in [4.78, 5) is 11.8. The molecule has 7 heteroatoms. The number of hydrazone groups is 1. The third-order valence-corrected chi connectivity index (χ3v) is 3.35. The molecule has 0 atom stereocenters. The van der Waals surface area contributed by atoms with Crippen LogP contribution in [0.4, 0.5) is 16.0 Å². The predicted molar refractivity (Wildman–Crippen MR) is 92.1 cm³/mol. The summed E-state index contributed by atoms with van der Waals surface area (Å²) >= 11 is 0. The third-order valence-electron chi connectivity index (χ3n) is 3.35. The standard InChI is InChI=1S/C17H17FN6/c1-12-3-2-4-14(7-12)23-16-6-5-15(19-10-16)11-22-24-17-20-8-13(18)9-21-17/h3,5-11,23H,2,4H2,1H3,(H,20,21,24)/b22-11+. The highest BCUT2D eigenvalue weighted by Gasteiger charge is 2.03. The van der Waals surface area contributed by atoms with Gasteiger partial charge in [-0.25, -0.2) is 19.8 Å². The monoisotopic (exact) mass is 324 g/mol. The summed E-state index contributed by atoms with van der Waals surface area (Å²) in [7, 11) is 0. The van der Waals surface area contributed by atoms with Gasteiger partial charge in [0.1, 0.15) is 0 Å². The van der Waals surface area contributed by atoms with E-state index in [1.54, 1.807) is 12.4 Å². The SMILES string of the molecule is CC1=CCCC(Nc2ccc(/C=N/Nc3ncc(F)cn3)nc2)=C1. The van der Waals surface area contributed by atoms with Gasteiger partial charge in [-0.3, -0.25) is 4.98 Å². The molecule has 122 valence electrons. The molecule has 2 aromatic rings. The van der Waals surface area contributed by atoms with E-state index in [1.807, 2.05) is 12.1 Å². The first-order chi connectivity index (χ1) is 11.7. The molecule has 3 rings (SSSR count). The number of pyridine rings is 1. The maximum atomic E-state index is 12.7. The molecule has 0 saturated carbocycles. The maximum Gasteiger partial charge on any atom is 0.243 e. The Hall–Kier alpha value is -3.09. The number of nitrogens with one attached hydrogen (secondary N) is 2. The first kappa shape index (κ1) is 15.8. The molecule has 0 amide bonds. The fourth-order valence-electron chi connectivity index (χ4n) is 2.23. The van der Waals surface area contributed by atoms with E-state index >= 15 is 0 Å². The summed E-state index contributed by atoms with van der Waals surface area (Å²) in [6.45, 7) is 2.09. The second-order valence-corrected chi connectivity index (χ2v) is 5.35. The van der Waals surface area contributed by atoms with Crippen LogP contribution in [0, 0.1) is 5.82 Å². The molecule has 2 aromatic heterocycles. The quantitative estimate of drug-likeness (QED) is 0.650. The summed E-state index contributed by atoms with van der Waals surface area (Å²) in [6, 6.07) is 3.79. The van der Waals surface area contributed by atoms with E-state index in [4.69, 9.17) is 0 Å². The molecule has 0 unspecified atom stereocenters. The van der Waals surface area contributed by atoms with Gasteiger partial charge in [0, 0.05) is 5.70 Å². The summed E-state index contributed by atoms with van der Waals surface area (Å²) < 4.78 is 12.7. The van der Waals surface area contributed by atoms with Crippen molar-refractivity contribution in [2.75, 3.05) is 10.7 Å². The molecule has 0 bridgehead atoms. The van der Waals surface area contributed by atoms with Gasteiger partial charge in [-0.15, -0.1) is 0 Å². The second-order valence-electron chi connectivity index (χ2n) is 5.35. The Morgan fingerprint density at radius 2 is 2.00 bits per heavy atom. The van der Waals surface area contributed by atoms with Crippen molar-refractivity contribution in [2.45, 2.75) is 19.8 Å². The highest BCUT2D eigenvalue weighted by molar-refractivity contribution is 5.77. The van der Waals surface area contributed by atoms with E-state index in [1.165, 1.54) is 11.3 Å². The molecular formula is C17H17FN6. The summed E-state index contributed by atoms with van der Waals surface area (Å²) in [6.07, 6.45) is 11.9. The zero-order chi connectivity index (χ0) is 16.8. The average molecular weight is 324 g/mol. The van der Waals surface area contributed by atoms with Gasteiger partial charge in [0.15, 0.2) is 5.82 Å². The molecule has 0 aromatic carbocycles. The fourth-order valence-corrected chi connectivity index (χ4v) is 2.23. The molecule has 24 heavy (non-hydrogen) atoms. The maximum absolute atomic E-state index is 12.7. The van der Waals surface area contributed by atoms with Crippen molar-refractivity contribution in [1.29, 1.82) is 0 Å². The Bertz CT molecular complexity index is 778. The highest BCUT2D eigenvalue weighted by atomic mass is 19.1. The van der Waals surface area contributed by atoms with Crippen LogP contribution in [0.2, 0.25) is 0 Å². The predicted octanol–water partition coefficient (Wildman–Crippen LogP) is 3.49. The van der Waals surface area contributed by atoms with Crippen LogP contribution in [0.25, 0.3) is 0 Å². The molecule has 0 aliphatic heterocycles. The second kappa shape index (κ2) is 7.45. The van der Waals surface area contributed by atoms with Gasteiger partial charge in [0.05, 0.1) is 36.2 Å². The molecule has 2 N–H and O–H groups in total. The van der Waals surface area contributed by atoms with Gasteiger partial charge >= 0.3 is 0 Å². The summed E-state index contributed by atoms with van der Waals surface area (Å²) in [5.74, 6) is -0.272. The van der Waals surface area contributed by atoms with E-state index in [9.17, 15) is 4.39 Å². The Balaban J connectivity index is 1.57. The van der Waals surface area contributed by atoms with Gasteiger partial charge in [0.2, 0.25) is 5.95 Å².